The quantitative estimate of drug-likeness (QED) is 0.0402. The minimum atomic E-state index is -1.00. The minimum Gasteiger partial charge on any atom is -0.761 e. The summed E-state index contributed by atoms with van der Waals surface area (Å²) in [5.41, 5.74) is 2.96. The van der Waals surface area contributed by atoms with Crippen LogP contribution in [0, 0.1) is 23.0 Å². The fourth-order valence-electron chi connectivity index (χ4n) is 5.51. The summed E-state index contributed by atoms with van der Waals surface area (Å²) < 4.78 is 0. The Labute approximate surface area is 308 Å². The average Bonchev–Trinajstić information content (AvgIpc) is 3.09. The van der Waals surface area contributed by atoms with E-state index in [4.69, 9.17) is 5.11 Å². The molecule has 0 heterocycles. The van der Waals surface area contributed by atoms with Gasteiger partial charge in [-0.15, -0.1) is 0 Å². The normalized spacial score (nSPS) is 15.2. The summed E-state index contributed by atoms with van der Waals surface area (Å²) in [7, 11) is 0. The lowest BCUT2D eigenvalue weighted by molar-refractivity contribution is -0.506. The summed E-state index contributed by atoms with van der Waals surface area (Å²) in [5.74, 6) is -2.93. The molecule has 52 heavy (non-hydrogen) atoms. The molecule has 0 aliphatic carbocycles. The molecule has 0 aromatic heterocycles. The smallest absolute Gasteiger partial charge is 0.350 e. The second-order valence-electron chi connectivity index (χ2n) is 14.3. The Morgan fingerprint density at radius 2 is 1.58 bits per heavy atom. The fourth-order valence-corrected chi connectivity index (χ4v) is 5.51. The number of aliphatic carboxylic acids is 1. The van der Waals surface area contributed by atoms with Crippen LogP contribution in [0.2, 0.25) is 0 Å². The van der Waals surface area contributed by atoms with Crippen LogP contribution in [-0.4, -0.2) is 82.5 Å². The second-order valence-corrected chi connectivity index (χ2v) is 14.3. The molecule has 15 heteroatoms. The van der Waals surface area contributed by atoms with Crippen molar-refractivity contribution in [1.82, 2.24) is 26.6 Å². The first-order valence-electron chi connectivity index (χ1n) is 18.4. The SMILES string of the molecule is CCC[C@H](NC(=O)[C@@H](NC(=O)CCCC(=O)O)[C@@H](C)CC)C(=O)NC(CN[C@@H](C)C(O)=[NH+]C(C(=O)NCc1cccc(N[O-])c1)C(C)C)CC(C)C. The molecule has 1 rings (SSSR count). The van der Waals surface area contributed by atoms with Crippen LogP contribution in [0.4, 0.5) is 5.69 Å². The minimum absolute atomic E-state index is 0.0288. The number of hydrogen-bond donors (Lipinski definition) is 9. The van der Waals surface area contributed by atoms with Gasteiger partial charge in [0.2, 0.25) is 23.8 Å². The van der Waals surface area contributed by atoms with Crippen LogP contribution >= 0.6 is 0 Å². The lowest BCUT2D eigenvalue weighted by Gasteiger charge is -2.28. The van der Waals surface area contributed by atoms with Gasteiger partial charge in [0.05, 0.1) is 0 Å². The first-order chi connectivity index (χ1) is 24.5. The molecule has 294 valence electrons. The Kier molecular flexibility index (Phi) is 21.2. The monoisotopic (exact) mass is 733 g/mol. The number of carbonyl (C=O) groups is 5. The summed E-state index contributed by atoms with van der Waals surface area (Å²) in [5, 5.41) is 45.5. The number of aliphatic hydroxyl groups is 1. The lowest BCUT2D eigenvalue weighted by Crippen LogP contribution is -2.86. The van der Waals surface area contributed by atoms with Crippen molar-refractivity contribution in [3.8, 4) is 0 Å². The van der Waals surface area contributed by atoms with E-state index in [0.29, 0.717) is 31.4 Å². The van der Waals surface area contributed by atoms with Gasteiger partial charge in [0.1, 0.15) is 18.1 Å². The average molecular weight is 734 g/mol. The molecule has 0 saturated heterocycles. The third kappa shape index (κ3) is 17.3. The molecule has 1 aromatic rings. The molecule has 0 bridgehead atoms. The number of hydrogen-bond acceptors (Lipinski definition) is 8. The number of benzene rings is 1. The van der Waals surface area contributed by atoms with Crippen LogP contribution in [0.25, 0.3) is 0 Å². The lowest BCUT2D eigenvalue weighted by atomic mass is 9.97. The van der Waals surface area contributed by atoms with Crippen molar-refractivity contribution in [3.63, 3.8) is 0 Å². The highest BCUT2D eigenvalue weighted by Crippen LogP contribution is 2.12. The van der Waals surface area contributed by atoms with E-state index in [-0.39, 0.29) is 73.9 Å². The predicted octanol–water partition coefficient (Wildman–Crippen LogP) is 1.85. The van der Waals surface area contributed by atoms with E-state index in [9.17, 15) is 34.3 Å². The Bertz CT molecular complexity index is 1320. The maximum Gasteiger partial charge on any atom is 0.350 e. The summed E-state index contributed by atoms with van der Waals surface area (Å²) in [6, 6.07) is 3.32. The molecule has 0 radical (unpaired) electrons. The molecule has 1 aromatic carbocycles. The highest BCUT2D eigenvalue weighted by Gasteiger charge is 2.32. The van der Waals surface area contributed by atoms with E-state index in [2.05, 4.69) is 31.6 Å². The fraction of sp³-hybridized carbons (Fsp3) is 0.676. The van der Waals surface area contributed by atoms with E-state index in [1.54, 1.807) is 31.2 Å². The Morgan fingerprint density at radius 1 is 0.885 bits per heavy atom. The topological polar surface area (TPSA) is 235 Å². The molecule has 2 unspecified atom stereocenters. The molecule has 15 nitrogen and oxygen atoms in total. The number of anilines is 1. The van der Waals surface area contributed by atoms with E-state index < -0.39 is 42.0 Å². The molecular formula is C37H63N7O8. The van der Waals surface area contributed by atoms with Crippen LogP contribution in [0.1, 0.15) is 106 Å². The highest BCUT2D eigenvalue weighted by atomic mass is 16.5. The molecule has 0 aliphatic rings. The first kappa shape index (κ1) is 45.8. The third-order valence-corrected chi connectivity index (χ3v) is 8.76. The first-order valence-corrected chi connectivity index (χ1v) is 18.4. The van der Waals surface area contributed by atoms with Gasteiger partial charge in [-0.05, 0) is 55.7 Å². The van der Waals surface area contributed by atoms with Crippen molar-refractivity contribution in [2.75, 3.05) is 12.0 Å². The van der Waals surface area contributed by atoms with Crippen molar-refractivity contribution in [2.45, 2.75) is 137 Å². The molecule has 0 spiro atoms. The number of carboxylic acid groups (broad SMARTS) is 1. The van der Waals surface area contributed by atoms with Gasteiger partial charge in [-0.1, -0.05) is 73.4 Å². The number of rotatable bonds is 25. The van der Waals surface area contributed by atoms with Crippen LogP contribution < -0.4 is 37.1 Å². The molecule has 4 amide bonds. The van der Waals surface area contributed by atoms with Gasteiger partial charge in [0.15, 0.2) is 0 Å². The maximum atomic E-state index is 13.6. The molecule has 0 aliphatic heterocycles. The van der Waals surface area contributed by atoms with E-state index in [0.717, 1.165) is 5.56 Å². The number of carbonyl (C=O) groups excluding carboxylic acids is 4. The molecule has 9 N–H and O–H groups in total. The Morgan fingerprint density at radius 3 is 2.15 bits per heavy atom. The van der Waals surface area contributed by atoms with Crippen LogP contribution in [0.3, 0.4) is 0 Å². The predicted molar refractivity (Wildman–Crippen MR) is 201 cm³/mol. The zero-order valence-corrected chi connectivity index (χ0v) is 32.1. The van der Waals surface area contributed by atoms with Gasteiger partial charge in [-0.25, -0.2) is 4.99 Å². The van der Waals surface area contributed by atoms with Gasteiger partial charge < -0.3 is 47.5 Å². The highest BCUT2D eigenvalue weighted by molar-refractivity contribution is 5.92. The van der Waals surface area contributed by atoms with Gasteiger partial charge >= 0.3 is 11.9 Å². The van der Waals surface area contributed by atoms with Gasteiger partial charge in [0, 0.05) is 43.6 Å². The van der Waals surface area contributed by atoms with E-state index in [1.807, 2.05) is 53.9 Å². The largest absolute Gasteiger partial charge is 0.761 e. The summed E-state index contributed by atoms with van der Waals surface area (Å²) in [4.78, 5) is 66.4. The second kappa shape index (κ2) is 24.1. The Hall–Kier alpha value is -4.24. The summed E-state index contributed by atoms with van der Waals surface area (Å²) in [6.07, 6.45) is 2.15. The van der Waals surface area contributed by atoms with Crippen molar-refractivity contribution in [2.24, 2.45) is 17.8 Å². The zero-order chi connectivity index (χ0) is 39.4. The number of amides is 4. The van der Waals surface area contributed by atoms with Gasteiger partial charge in [0.25, 0.3) is 5.91 Å². The van der Waals surface area contributed by atoms with Crippen molar-refractivity contribution >= 4 is 41.2 Å². The number of aliphatic hydroxyl groups excluding tert-OH is 1. The van der Waals surface area contributed by atoms with Crippen molar-refractivity contribution in [3.05, 3.63) is 35.0 Å². The Balaban J connectivity index is 2.97. The molecule has 0 saturated carbocycles. The number of nitrogens with one attached hydrogen (secondary N) is 7. The zero-order valence-electron chi connectivity index (χ0n) is 32.1. The van der Waals surface area contributed by atoms with Crippen LogP contribution in [-0.2, 0) is 30.5 Å². The molecule has 6 atom stereocenters. The van der Waals surface area contributed by atoms with E-state index >= 15 is 0 Å². The van der Waals surface area contributed by atoms with Gasteiger partial charge in [-0.2, -0.15) is 0 Å². The van der Waals surface area contributed by atoms with Crippen molar-refractivity contribution < 1.29 is 39.2 Å². The van der Waals surface area contributed by atoms with Crippen LogP contribution in [0.5, 0.6) is 0 Å². The van der Waals surface area contributed by atoms with E-state index in [1.165, 1.54) is 0 Å². The molecule has 0 fully saturated rings. The summed E-state index contributed by atoms with van der Waals surface area (Å²) in [6.45, 7) is 15.6. The van der Waals surface area contributed by atoms with Crippen LogP contribution in [0.15, 0.2) is 24.3 Å². The standard InChI is InChI=1S/C37H62N7O8/c1-9-13-29(41-37(51)33(24(7)10-2)42-30(45)16-12-17-31(46)47)35(49)40-28(18-22(3)4)21-38-25(8)34(48)43-32(23(5)6)36(50)39-20-26-14-11-15-27(19-26)44-52/h11,14-15,19,22-25,28-29,32-33,38,44H,9-10,12-13,16-18,20-21H2,1-8H3,(H,39,50)(H,40,49)(H,41,51)(H,42,45)(H,43,48)(H,46,47)/q-1/p+1/t24-,25-,28?,29-,32?,33-/m0/s1. The van der Waals surface area contributed by atoms with Gasteiger partial charge in [-0.3, -0.25) is 24.0 Å². The summed E-state index contributed by atoms with van der Waals surface area (Å²) >= 11 is 0. The maximum absolute atomic E-state index is 13.6. The third-order valence-electron chi connectivity index (χ3n) is 8.76. The molecular weight excluding hydrogens is 670 g/mol. The van der Waals surface area contributed by atoms with Crippen molar-refractivity contribution in [1.29, 1.82) is 0 Å². The number of carboxylic acids is 1.